The molecule has 0 spiro atoms. The summed E-state index contributed by atoms with van der Waals surface area (Å²) in [5.74, 6) is 0.124. The second-order valence-electron chi connectivity index (χ2n) is 3.42. The van der Waals surface area contributed by atoms with Crippen molar-refractivity contribution in [1.29, 1.82) is 0 Å². The minimum absolute atomic E-state index is 0.124. The van der Waals surface area contributed by atoms with E-state index in [4.69, 9.17) is 0 Å². The monoisotopic (exact) mass is 253 g/mol. The summed E-state index contributed by atoms with van der Waals surface area (Å²) >= 11 is 0. The molecule has 0 bridgehead atoms. The van der Waals surface area contributed by atoms with E-state index in [0.29, 0.717) is 5.69 Å². The first kappa shape index (κ1) is 11.6. The summed E-state index contributed by atoms with van der Waals surface area (Å²) in [5, 5.41) is 0. The van der Waals surface area contributed by atoms with Crippen molar-refractivity contribution in [3.05, 3.63) is 42.7 Å². The van der Waals surface area contributed by atoms with Crippen LogP contribution in [-0.2, 0) is 17.4 Å². The first-order valence-electron chi connectivity index (χ1n) is 4.80. The molecule has 0 aliphatic carbocycles. The molecular weight excluding hydrogens is 242 g/mol. The molecule has 7 heteroatoms. The molecule has 90 valence electrons. The first-order valence-corrected chi connectivity index (χ1v) is 6.20. The number of anilines is 2. The van der Waals surface area contributed by atoms with Crippen LogP contribution in [0.5, 0.6) is 0 Å². The van der Waals surface area contributed by atoms with Gasteiger partial charge in [-0.3, -0.25) is 4.55 Å². The first-order chi connectivity index (χ1) is 8.00. The van der Waals surface area contributed by atoms with Gasteiger partial charge >= 0.3 is 10.3 Å². The van der Waals surface area contributed by atoms with Gasteiger partial charge in [0.05, 0.1) is 5.69 Å². The van der Waals surface area contributed by atoms with Crippen molar-refractivity contribution in [1.82, 2.24) is 9.55 Å². The molecule has 0 fully saturated rings. The summed E-state index contributed by atoms with van der Waals surface area (Å²) in [6.07, 6.45) is 3.05. The Morgan fingerprint density at radius 2 is 1.94 bits per heavy atom. The van der Waals surface area contributed by atoms with Crippen molar-refractivity contribution >= 4 is 21.9 Å². The number of rotatable bonds is 3. The summed E-state index contributed by atoms with van der Waals surface area (Å²) in [5.41, 5.74) is 0.323. The van der Waals surface area contributed by atoms with Crippen molar-refractivity contribution < 1.29 is 13.0 Å². The molecule has 2 rings (SSSR count). The van der Waals surface area contributed by atoms with E-state index >= 15 is 0 Å². The molecular formula is C10H11N3O3S. The molecule has 1 N–H and O–H groups in total. The van der Waals surface area contributed by atoms with Crippen molar-refractivity contribution in [3.63, 3.8) is 0 Å². The van der Waals surface area contributed by atoms with Gasteiger partial charge in [-0.1, -0.05) is 18.2 Å². The van der Waals surface area contributed by atoms with E-state index in [1.54, 1.807) is 43.6 Å². The zero-order chi connectivity index (χ0) is 12.5. The third-order valence-electron chi connectivity index (χ3n) is 2.20. The molecule has 1 aromatic heterocycles. The van der Waals surface area contributed by atoms with Crippen LogP contribution >= 0.6 is 0 Å². The second-order valence-corrected chi connectivity index (χ2v) is 4.68. The SMILES string of the molecule is Cn1ccnc1N(c1ccccc1)S(=O)(=O)O. The minimum atomic E-state index is -4.41. The van der Waals surface area contributed by atoms with E-state index in [9.17, 15) is 13.0 Å². The maximum absolute atomic E-state index is 11.4. The molecule has 0 saturated carbocycles. The number of hydrogen-bond acceptors (Lipinski definition) is 3. The summed E-state index contributed by atoms with van der Waals surface area (Å²) in [7, 11) is -2.77. The molecule has 6 nitrogen and oxygen atoms in total. The van der Waals surface area contributed by atoms with E-state index in [1.165, 1.54) is 10.8 Å². The molecule has 0 amide bonds. The Morgan fingerprint density at radius 1 is 1.29 bits per heavy atom. The molecule has 0 unspecified atom stereocenters. The molecule has 0 atom stereocenters. The standard InChI is InChI=1S/C10H11N3O3S/c1-12-8-7-11-10(12)13(17(14,15)16)9-5-3-2-4-6-9/h2-8H,1H3,(H,14,15,16). The van der Waals surface area contributed by atoms with E-state index < -0.39 is 10.3 Å². The van der Waals surface area contributed by atoms with Gasteiger partial charge in [0, 0.05) is 19.4 Å². The Hall–Kier alpha value is -1.86. The lowest BCUT2D eigenvalue weighted by Crippen LogP contribution is -2.27. The highest BCUT2D eigenvalue weighted by atomic mass is 32.2. The van der Waals surface area contributed by atoms with Gasteiger partial charge < -0.3 is 4.57 Å². The van der Waals surface area contributed by atoms with Gasteiger partial charge in [-0.25, -0.2) is 4.98 Å². The normalized spacial score (nSPS) is 11.4. The molecule has 17 heavy (non-hydrogen) atoms. The van der Waals surface area contributed by atoms with Gasteiger partial charge in [-0.15, -0.1) is 0 Å². The smallest absolute Gasteiger partial charge is 0.319 e. The Labute approximate surface area is 99.0 Å². The van der Waals surface area contributed by atoms with Crippen LogP contribution in [0.3, 0.4) is 0 Å². The lowest BCUT2D eigenvalue weighted by molar-refractivity contribution is 0.482. The number of imidazole rings is 1. The second kappa shape index (κ2) is 4.19. The van der Waals surface area contributed by atoms with Crippen LogP contribution < -0.4 is 4.31 Å². The third-order valence-corrected chi connectivity index (χ3v) is 3.03. The Kier molecular flexibility index (Phi) is 2.86. The van der Waals surface area contributed by atoms with Crippen molar-refractivity contribution in [2.24, 2.45) is 7.05 Å². The average Bonchev–Trinajstić information content (AvgIpc) is 2.65. The molecule has 1 aromatic carbocycles. The summed E-state index contributed by atoms with van der Waals surface area (Å²) in [6.45, 7) is 0. The number of hydrogen-bond donors (Lipinski definition) is 1. The zero-order valence-corrected chi connectivity index (χ0v) is 9.87. The largest absolute Gasteiger partial charge is 0.366 e. The van der Waals surface area contributed by atoms with Crippen LogP contribution in [0.1, 0.15) is 0 Å². The van der Waals surface area contributed by atoms with Gasteiger partial charge in [-0.05, 0) is 12.1 Å². The van der Waals surface area contributed by atoms with Crippen molar-refractivity contribution in [2.45, 2.75) is 0 Å². The maximum Gasteiger partial charge on any atom is 0.366 e. The van der Waals surface area contributed by atoms with Crippen LogP contribution in [0.4, 0.5) is 11.6 Å². The lowest BCUT2D eigenvalue weighted by atomic mass is 10.3. The van der Waals surface area contributed by atoms with Gasteiger partial charge in [0.25, 0.3) is 0 Å². The van der Waals surface area contributed by atoms with Crippen LogP contribution in [0.15, 0.2) is 42.7 Å². The number of para-hydroxylation sites is 1. The molecule has 0 radical (unpaired) electrons. The third kappa shape index (κ3) is 2.29. The van der Waals surface area contributed by atoms with E-state index in [-0.39, 0.29) is 5.95 Å². The van der Waals surface area contributed by atoms with Crippen LogP contribution in [0.2, 0.25) is 0 Å². The summed E-state index contributed by atoms with van der Waals surface area (Å²) < 4.78 is 34.4. The zero-order valence-electron chi connectivity index (χ0n) is 9.06. The van der Waals surface area contributed by atoms with Crippen LogP contribution in [0, 0.1) is 0 Å². The predicted molar refractivity (Wildman–Crippen MR) is 63.3 cm³/mol. The Balaban J connectivity index is 2.59. The molecule has 1 heterocycles. The van der Waals surface area contributed by atoms with E-state index in [2.05, 4.69) is 4.98 Å². The fourth-order valence-corrected chi connectivity index (χ4v) is 2.24. The fourth-order valence-electron chi connectivity index (χ4n) is 1.47. The highest BCUT2D eigenvalue weighted by molar-refractivity contribution is 7.87. The summed E-state index contributed by atoms with van der Waals surface area (Å²) in [6, 6.07) is 8.25. The number of nitrogens with zero attached hydrogens (tertiary/aromatic N) is 3. The number of aryl methyl sites for hydroxylation is 1. The molecule has 0 saturated heterocycles. The van der Waals surface area contributed by atoms with E-state index in [0.717, 1.165) is 4.31 Å². The fraction of sp³-hybridized carbons (Fsp3) is 0.100. The molecule has 2 aromatic rings. The average molecular weight is 253 g/mol. The Bertz CT molecular complexity index is 607. The number of benzene rings is 1. The topological polar surface area (TPSA) is 75.4 Å². The van der Waals surface area contributed by atoms with Gasteiger partial charge in [0.2, 0.25) is 5.95 Å². The van der Waals surface area contributed by atoms with E-state index in [1.807, 2.05) is 0 Å². The minimum Gasteiger partial charge on any atom is -0.319 e. The van der Waals surface area contributed by atoms with Gasteiger partial charge in [0.15, 0.2) is 0 Å². The quantitative estimate of drug-likeness (QED) is 0.838. The number of aromatic nitrogens is 2. The highest BCUT2D eigenvalue weighted by Crippen LogP contribution is 2.25. The van der Waals surface area contributed by atoms with Crippen LogP contribution in [-0.4, -0.2) is 22.5 Å². The highest BCUT2D eigenvalue weighted by Gasteiger charge is 2.24. The molecule has 0 aliphatic rings. The molecule has 0 aliphatic heterocycles. The van der Waals surface area contributed by atoms with Crippen LogP contribution in [0.25, 0.3) is 0 Å². The Morgan fingerprint density at radius 3 is 2.41 bits per heavy atom. The van der Waals surface area contributed by atoms with Gasteiger partial charge in [-0.2, -0.15) is 12.7 Å². The van der Waals surface area contributed by atoms with Crippen molar-refractivity contribution in [3.8, 4) is 0 Å². The lowest BCUT2D eigenvalue weighted by Gasteiger charge is -2.19. The predicted octanol–water partition coefficient (Wildman–Crippen LogP) is 1.36. The van der Waals surface area contributed by atoms with Crippen molar-refractivity contribution in [2.75, 3.05) is 4.31 Å². The van der Waals surface area contributed by atoms with Gasteiger partial charge in [0.1, 0.15) is 0 Å². The summed E-state index contributed by atoms with van der Waals surface area (Å²) in [4.78, 5) is 3.91. The maximum atomic E-state index is 11.4.